The van der Waals surface area contributed by atoms with Gasteiger partial charge in [0, 0.05) is 38.6 Å². The van der Waals surface area contributed by atoms with Gasteiger partial charge in [0.15, 0.2) is 0 Å². The van der Waals surface area contributed by atoms with Crippen LogP contribution in [0.15, 0.2) is 47.5 Å². The Balaban J connectivity index is 1.51. The first-order valence-corrected chi connectivity index (χ1v) is 8.47. The fourth-order valence-corrected chi connectivity index (χ4v) is 3.24. The third-order valence-corrected chi connectivity index (χ3v) is 4.72. The van der Waals surface area contributed by atoms with Crippen molar-refractivity contribution in [1.29, 1.82) is 0 Å². The lowest BCUT2D eigenvalue weighted by Gasteiger charge is -2.37. The number of hydrogen-bond donors (Lipinski definition) is 1. The van der Waals surface area contributed by atoms with Crippen molar-refractivity contribution >= 4 is 16.9 Å². The summed E-state index contributed by atoms with van der Waals surface area (Å²) in [5, 5.41) is 0.629. The van der Waals surface area contributed by atoms with Gasteiger partial charge >= 0.3 is 0 Å². The zero-order valence-electron chi connectivity index (χ0n) is 14.1. The Bertz CT molecular complexity index is 918. The lowest BCUT2D eigenvalue weighted by atomic mass is 10.2. The molecule has 7 nitrogen and oxygen atoms in total. The number of H-pyrrole nitrogens is 1. The molecule has 0 bridgehead atoms. The van der Waals surface area contributed by atoms with E-state index in [-0.39, 0.29) is 11.6 Å². The summed E-state index contributed by atoms with van der Waals surface area (Å²) in [7, 11) is 0. The minimum Gasteiger partial charge on any atom is -0.338 e. The van der Waals surface area contributed by atoms with Crippen molar-refractivity contribution in [3.8, 4) is 0 Å². The highest BCUT2D eigenvalue weighted by atomic mass is 16.1. The van der Waals surface area contributed by atoms with Crippen LogP contribution in [0.25, 0.3) is 10.9 Å². The molecule has 1 aliphatic heterocycles. The number of nitrogens with one attached hydrogen (secondary N) is 1. The quantitative estimate of drug-likeness (QED) is 0.783. The Hall–Kier alpha value is -2.80. The van der Waals surface area contributed by atoms with E-state index < -0.39 is 0 Å². The number of benzene rings is 1. The Labute approximate surface area is 145 Å². The second-order valence-corrected chi connectivity index (χ2v) is 6.22. The second-order valence-electron chi connectivity index (χ2n) is 6.22. The van der Waals surface area contributed by atoms with Gasteiger partial charge in [-0.15, -0.1) is 0 Å². The van der Waals surface area contributed by atoms with Gasteiger partial charge in [-0.1, -0.05) is 12.1 Å². The van der Waals surface area contributed by atoms with E-state index in [9.17, 15) is 4.79 Å². The lowest BCUT2D eigenvalue weighted by molar-refractivity contribution is 0.191. The predicted octanol–water partition coefficient (Wildman–Crippen LogP) is 1.60. The van der Waals surface area contributed by atoms with Crippen LogP contribution in [-0.2, 0) is 0 Å². The minimum absolute atomic E-state index is 0.0520. The highest BCUT2D eigenvalue weighted by Gasteiger charge is 2.24. The second kappa shape index (κ2) is 6.60. The zero-order valence-corrected chi connectivity index (χ0v) is 14.1. The molecule has 3 aromatic rings. The van der Waals surface area contributed by atoms with Crippen molar-refractivity contribution in [2.24, 2.45) is 0 Å². The number of nitrogens with zero attached hydrogens (tertiary/aromatic N) is 5. The molecule has 0 radical (unpaired) electrons. The third kappa shape index (κ3) is 3.10. The van der Waals surface area contributed by atoms with Gasteiger partial charge in [-0.2, -0.15) is 0 Å². The van der Waals surface area contributed by atoms with E-state index in [1.54, 1.807) is 18.5 Å². The molecular weight excluding hydrogens is 316 g/mol. The number of para-hydroxylation sites is 1. The van der Waals surface area contributed by atoms with Gasteiger partial charge in [0.05, 0.1) is 16.9 Å². The number of aromatic amines is 1. The summed E-state index contributed by atoms with van der Waals surface area (Å²) in [6.07, 6.45) is 3.53. The summed E-state index contributed by atoms with van der Waals surface area (Å²) in [4.78, 5) is 33.0. The first kappa shape index (κ1) is 15.7. The van der Waals surface area contributed by atoms with E-state index in [1.165, 1.54) is 0 Å². The van der Waals surface area contributed by atoms with Crippen LogP contribution in [0.4, 0.5) is 5.95 Å². The smallest absolute Gasteiger partial charge is 0.258 e. The average molecular weight is 336 g/mol. The van der Waals surface area contributed by atoms with Crippen LogP contribution in [0, 0.1) is 0 Å². The first-order valence-electron chi connectivity index (χ1n) is 8.47. The van der Waals surface area contributed by atoms with Gasteiger partial charge in [0.2, 0.25) is 5.95 Å². The molecule has 1 aromatic carbocycles. The molecule has 4 rings (SSSR count). The summed E-state index contributed by atoms with van der Waals surface area (Å²) >= 11 is 0. The van der Waals surface area contributed by atoms with E-state index in [0.717, 1.165) is 37.6 Å². The van der Waals surface area contributed by atoms with Gasteiger partial charge in [-0.05, 0) is 25.1 Å². The molecule has 0 amide bonds. The normalized spacial score (nSPS) is 16.9. The van der Waals surface area contributed by atoms with Crippen molar-refractivity contribution in [3.05, 3.63) is 58.9 Å². The summed E-state index contributed by atoms with van der Waals surface area (Å²) in [6, 6.07) is 9.31. The fourth-order valence-electron chi connectivity index (χ4n) is 3.24. The molecule has 1 unspecified atom stereocenters. The molecule has 0 saturated carbocycles. The molecule has 0 aliphatic carbocycles. The monoisotopic (exact) mass is 336 g/mol. The topological polar surface area (TPSA) is 78.0 Å². The Morgan fingerprint density at radius 3 is 2.52 bits per heavy atom. The summed E-state index contributed by atoms with van der Waals surface area (Å²) in [6.45, 7) is 5.53. The van der Waals surface area contributed by atoms with E-state index in [2.05, 4.69) is 36.7 Å². The summed E-state index contributed by atoms with van der Waals surface area (Å²) in [5.74, 6) is 1.49. The zero-order chi connectivity index (χ0) is 17.2. The van der Waals surface area contributed by atoms with Gasteiger partial charge in [-0.25, -0.2) is 15.0 Å². The van der Waals surface area contributed by atoms with Crippen molar-refractivity contribution in [3.63, 3.8) is 0 Å². The number of rotatable bonds is 3. The largest absolute Gasteiger partial charge is 0.338 e. The molecule has 1 atom stereocenters. The van der Waals surface area contributed by atoms with E-state index in [4.69, 9.17) is 0 Å². The van der Waals surface area contributed by atoms with Crippen LogP contribution in [0.3, 0.4) is 0 Å². The van der Waals surface area contributed by atoms with Gasteiger partial charge < -0.3 is 9.88 Å². The molecule has 2 aromatic heterocycles. The van der Waals surface area contributed by atoms with Gasteiger partial charge in [0.1, 0.15) is 5.82 Å². The maximum atomic E-state index is 12.3. The molecule has 0 spiro atoms. The van der Waals surface area contributed by atoms with Gasteiger partial charge in [0.25, 0.3) is 5.56 Å². The van der Waals surface area contributed by atoms with E-state index in [0.29, 0.717) is 11.2 Å². The SMILES string of the molecule is CC(c1nc2ccccc2c(=O)[nH]1)N1CCN(c2ncccn2)CC1. The molecule has 128 valence electrons. The average Bonchev–Trinajstić information content (AvgIpc) is 2.68. The maximum absolute atomic E-state index is 12.3. The van der Waals surface area contributed by atoms with E-state index >= 15 is 0 Å². The molecule has 1 saturated heterocycles. The fraction of sp³-hybridized carbons (Fsp3) is 0.333. The highest BCUT2D eigenvalue weighted by Crippen LogP contribution is 2.20. The Kier molecular flexibility index (Phi) is 4.15. The molecule has 25 heavy (non-hydrogen) atoms. The first-order chi connectivity index (χ1) is 12.2. The van der Waals surface area contributed by atoms with Crippen LogP contribution in [0.5, 0.6) is 0 Å². The van der Waals surface area contributed by atoms with Crippen molar-refractivity contribution < 1.29 is 0 Å². The molecule has 7 heteroatoms. The number of aromatic nitrogens is 4. The predicted molar refractivity (Wildman–Crippen MR) is 96.6 cm³/mol. The lowest BCUT2D eigenvalue weighted by Crippen LogP contribution is -2.48. The third-order valence-electron chi connectivity index (χ3n) is 4.72. The molecule has 1 N–H and O–H groups in total. The Morgan fingerprint density at radius 1 is 1.04 bits per heavy atom. The Morgan fingerprint density at radius 2 is 1.76 bits per heavy atom. The van der Waals surface area contributed by atoms with Crippen LogP contribution < -0.4 is 10.5 Å². The molecule has 1 aliphatic rings. The van der Waals surface area contributed by atoms with Gasteiger partial charge in [-0.3, -0.25) is 9.69 Å². The number of fused-ring (bicyclic) bond motifs is 1. The van der Waals surface area contributed by atoms with E-state index in [1.807, 2.05) is 24.3 Å². The van der Waals surface area contributed by atoms with Crippen LogP contribution in [-0.4, -0.2) is 51.0 Å². The van der Waals surface area contributed by atoms with Crippen molar-refractivity contribution in [1.82, 2.24) is 24.8 Å². The minimum atomic E-state index is -0.0798. The summed E-state index contributed by atoms with van der Waals surface area (Å²) in [5.41, 5.74) is 0.660. The summed E-state index contributed by atoms with van der Waals surface area (Å²) < 4.78 is 0. The van der Waals surface area contributed by atoms with Crippen molar-refractivity contribution in [2.75, 3.05) is 31.1 Å². The van der Waals surface area contributed by atoms with Crippen molar-refractivity contribution in [2.45, 2.75) is 13.0 Å². The maximum Gasteiger partial charge on any atom is 0.258 e. The molecular formula is C18H20N6O. The number of anilines is 1. The number of hydrogen-bond acceptors (Lipinski definition) is 6. The van der Waals surface area contributed by atoms with Crippen LogP contribution >= 0.6 is 0 Å². The number of piperazine rings is 1. The standard InChI is InChI=1S/C18H20N6O/c1-13(16-21-15-6-3-2-5-14(15)17(25)22-16)23-9-11-24(12-10-23)18-19-7-4-8-20-18/h2-8,13H,9-12H2,1H3,(H,21,22,25). The molecule has 1 fully saturated rings. The molecule has 3 heterocycles. The van der Waals surface area contributed by atoms with Crippen LogP contribution in [0.2, 0.25) is 0 Å². The highest BCUT2D eigenvalue weighted by molar-refractivity contribution is 5.77. The van der Waals surface area contributed by atoms with Crippen LogP contribution in [0.1, 0.15) is 18.8 Å².